The number of esters is 1. The van der Waals surface area contributed by atoms with E-state index in [4.69, 9.17) is 9.47 Å². The third kappa shape index (κ3) is 3.67. The van der Waals surface area contributed by atoms with Crippen LogP contribution in [0.15, 0.2) is 36.4 Å². The molecular weight excluding hydrogens is 240 g/mol. The Morgan fingerprint density at radius 1 is 1.26 bits per heavy atom. The van der Waals surface area contributed by atoms with Gasteiger partial charge in [-0.15, -0.1) is 0 Å². The van der Waals surface area contributed by atoms with Crippen LogP contribution in [0.2, 0.25) is 0 Å². The van der Waals surface area contributed by atoms with Crippen molar-refractivity contribution in [1.29, 1.82) is 0 Å². The molecule has 1 aliphatic rings. The molecule has 0 N–H and O–H groups in total. The maximum absolute atomic E-state index is 11.2. The minimum atomic E-state index is -0.235. The van der Waals surface area contributed by atoms with Crippen molar-refractivity contribution >= 4 is 11.5 Å². The highest BCUT2D eigenvalue weighted by Crippen LogP contribution is 2.30. The zero-order valence-electron chi connectivity index (χ0n) is 11.5. The molecule has 0 unspecified atom stereocenters. The molecule has 0 heterocycles. The minimum Gasteiger partial charge on any atom is -0.458 e. The van der Waals surface area contributed by atoms with Gasteiger partial charge in [0.15, 0.2) is 0 Å². The van der Waals surface area contributed by atoms with Gasteiger partial charge in [-0.3, -0.25) is 4.79 Å². The van der Waals surface area contributed by atoms with Crippen molar-refractivity contribution in [2.45, 2.75) is 38.9 Å². The van der Waals surface area contributed by atoms with Gasteiger partial charge in [0.2, 0.25) is 0 Å². The average molecular weight is 260 g/mol. The predicted molar refractivity (Wildman–Crippen MR) is 74.6 cm³/mol. The Balaban J connectivity index is 2.26. The van der Waals surface area contributed by atoms with Crippen LogP contribution in [0.4, 0.5) is 0 Å². The van der Waals surface area contributed by atoms with Crippen molar-refractivity contribution < 1.29 is 14.3 Å². The predicted octanol–water partition coefficient (Wildman–Crippen LogP) is 3.20. The first-order valence-corrected chi connectivity index (χ1v) is 6.76. The molecule has 0 aromatic heterocycles. The third-order valence-electron chi connectivity index (χ3n) is 3.22. The van der Waals surface area contributed by atoms with Crippen LogP contribution >= 0.6 is 0 Å². The Morgan fingerprint density at radius 2 is 2.00 bits per heavy atom. The van der Waals surface area contributed by atoms with Gasteiger partial charge in [0.1, 0.15) is 6.10 Å². The van der Waals surface area contributed by atoms with Crippen molar-refractivity contribution in [3.05, 3.63) is 42.0 Å². The monoisotopic (exact) mass is 260 g/mol. The molecule has 0 aliphatic heterocycles. The van der Waals surface area contributed by atoms with Gasteiger partial charge in [0.25, 0.3) is 0 Å². The van der Waals surface area contributed by atoms with Gasteiger partial charge in [-0.2, -0.15) is 0 Å². The van der Waals surface area contributed by atoms with Crippen molar-refractivity contribution in [3.8, 4) is 0 Å². The molecule has 1 aromatic rings. The van der Waals surface area contributed by atoms with Crippen LogP contribution in [-0.2, 0) is 14.3 Å². The summed E-state index contributed by atoms with van der Waals surface area (Å²) in [6.45, 7) is 4.15. The Hall–Kier alpha value is -1.61. The molecule has 0 saturated heterocycles. The van der Waals surface area contributed by atoms with E-state index < -0.39 is 0 Å². The van der Waals surface area contributed by atoms with Gasteiger partial charge in [-0.1, -0.05) is 30.3 Å². The van der Waals surface area contributed by atoms with Gasteiger partial charge in [0, 0.05) is 13.5 Å². The molecule has 102 valence electrons. The van der Waals surface area contributed by atoms with Crippen LogP contribution in [0.5, 0.6) is 0 Å². The molecule has 0 saturated carbocycles. The van der Waals surface area contributed by atoms with E-state index in [1.54, 1.807) is 0 Å². The van der Waals surface area contributed by atoms with E-state index in [2.05, 4.69) is 6.08 Å². The highest BCUT2D eigenvalue weighted by Gasteiger charge is 2.26. The normalized spacial score (nSPS) is 22.7. The van der Waals surface area contributed by atoms with Crippen LogP contribution in [-0.4, -0.2) is 24.8 Å². The van der Waals surface area contributed by atoms with Crippen molar-refractivity contribution in [3.63, 3.8) is 0 Å². The van der Waals surface area contributed by atoms with Crippen LogP contribution < -0.4 is 0 Å². The second-order valence-corrected chi connectivity index (χ2v) is 4.66. The molecule has 0 fully saturated rings. The largest absolute Gasteiger partial charge is 0.458 e. The zero-order valence-corrected chi connectivity index (χ0v) is 11.5. The summed E-state index contributed by atoms with van der Waals surface area (Å²) in [5.41, 5.74) is 2.15. The molecule has 2 rings (SSSR count). The maximum Gasteiger partial charge on any atom is 0.303 e. The highest BCUT2D eigenvalue weighted by molar-refractivity contribution is 5.74. The minimum absolute atomic E-state index is 0.118. The molecule has 19 heavy (non-hydrogen) atoms. The zero-order chi connectivity index (χ0) is 13.7. The summed E-state index contributed by atoms with van der Waals surface area (Å²) in [5, 5.41) is 0. The third-order valence-corrected chi connectivity index (χ3v) is 3.22. The number of rotatable bonds is 4. The molecule has 0 radical (unpaired) electrons. The molecule has 1 aliphatic carbocycles. The lowest BCUT2D eigenvalue weighted by atomic mass is 9.89. The van der Waals surface area contributed by atoms with E-state index in [0.29, 0.717) is 6.61 Å². The lowest BCUT2D eigenvalue weighted by Crippen LogP contribution is -2.26. The summed E-state index contributed by atoms with van der Waals surface area (Å²) in [7, 11) is 0. The van der Waals surface area contributed by atoms with Gasteiger partial charge in [-0.05, 0) is 37.0 Å². The first-order chi connectivity index (χ1) is 9.20. The molecule has 3 heteroatoms. The van der Waals surface area contributed by atoms with E-state index in [1.807, 2.05) is 37.3 Å². The fraction of sp³-hybridized carbons (Fsp3) is 0.438. The molecule has 0 bridgehead atoms. The fourth-order valence-electron chi connectivity index (χ4n) is 2.44. The first-order valence-electron chi connectivity index (χ1n) is 6.76. The maximum atomic E-state index is 11.2. The summed E-state index contributed by atoms with van der Waals surface area (Å²) in [6, 6.07) is 10.0. The Bertz CT molecular complexity index is 450. The Morgan fingerprint density at radius 3 is 2.63 bits per heavy atom. The average Bonchev–Trinajstić information content (AvgIpc) is 2.41. The van der Waals surface area contributed by atoms with Crippen molar-refractivity contribution in [1.82, 2.24) is 0 Å². The van der Waals surface area contributed by atoms with E-state index in [-0.39, 0.29) is 18.2 Å². The summed E-state index contributed by atoms with van der Waals surface area (Å²) in [6.07, 6.45) is 3.76. The summed E-state index contributed by atoms with van der Waals surface area (Å²) in [4.78, 5) is 11.2. The number of carbonyl (C=O) groups excluding carboxylic acids is 1. The standard InChI is InChI=1S/C16H20O3/c1-3-18-14-9-10-16(19-12(2)17)15(11-14)13-7-5-4-6-8-13/h4-8,11,14,16H,3,9-10H2,1-2H3/t14-,16-/m1/s1. The number of carbonyl (C=O) groups is 1. The van der Waals surface area contributed by atoms with E-state index in [1.165, 1.54) is 6.92 Å². The van der Waals surface area contributed by atoms with Crippen LogP contribution in [0, 0.1) is 0 Å². The molecule has 1 aromatic carbocycles. The second-order valence-electron chi connectivity index (χ2n) is 4.66. The van der Waals surface area contributed by atoms with E-state index in [9.17, 15) is 4.79 Å². The quantitative estimate of drug-likeness (QED) is 0.780. The lowest BCUT2D eigenvalue weighted by Gasteiger charge is -2.28. The lowest BCUT2D eigenvalue weighted by molar-refractivity contribution is -0.144. The first kappa shape index (κ1) is 13.8. The molecular formula is C16H20O3. The summed E-state index contributed by atoms with van der Waals surface area (Å²) >= 11 is 0. The van der Waals surface area contributed by atoms with Gasteiger partial charge in [-0.25, -0.2) is 0 Å². The molecule has 3 nitrogen and oxygen atoms in total. The van der Waals surface area contributed by atoms with Crippen molar-refractivity contribution in [2.24, 2.45) is 0 Å². The fourth-order valence-corrected chi connectivity index (χ4v) is 2.44. The summed E-state index contributed by atoms with van der Waals surface area (Å²) in [5.74, 6) is -0.235. The van der Waals surface area contributed by atoms with Crippen LogP contribution in [0.1, 0.15) is 32.3 Å². The molecule has 0 spiro atoms. The van der Waals surface area contributed by atoms with Gasteiger partial charge < -0.3 is 9.47 Å². The number of hydrogen-bond acceptors (Lipinski definition) is 3. The molecule has 2 atom stereocenters. The highest BCUT2D eigenvalue weighted by atomic mass is 16.5. The van der Waals surface area contributed by atoms with Crippen LogP contribution in [0.25, 0.3) is 5.57 Å². The Kier molecular flexibility index (Phi) is 4.74. The van der Waals surface area contributed by atoms with E-state index >= 15 is 0 Å². The van der Waals surface area contributed by atoms with Gasteiger partial charge >= 0.3 is 5.97 Å². The van der Waals surface area contributed by atoms with Gasteiger partial charge in [0.05, 0.1) is 6.10 Å². The van der Waals surface area contributed by atoms with E-state index in [0.717, 1.165) is 24.0 Å². The van der Waals surface area contributed by atoms with Crippen molar-refractivity contribution in [2.75, 3.05) is 6.61 Å². The number of ether oxygens (including phenoxy) is 2. The number of hydrogen-bond donors (Lipinski definition) is 0. The summed E-state index contributed by atoms with van der Waals surface area (Å²) < 4.78 is 11.1. The Labute approximate surface area is 114 Å². The SMILES string of the molecule is CCO[C@H]1C=C(c2ccccc2)[C@H](OC(C)=O)CC1. The second kappa shape index (κ2) is 6.53. The topological polar surface area (TPSA) is 35.5 Å². The molecule has 0 amide bonds. The van der Waals surface area contributed by atoms with Crippen LogP contribution in [0.3, 0.4) is 0 Å². The number of benzene rings is 1. The smallest absolute Gasteiger partial charge is 0.303 e.